The number of hydrogen-bond donors (Lipinski definition) is 2. The van der Waals surface area contributed by atoms with Crippen LogP contribution in [-0.4, -0.2) is 24.2 Å². The van der Waals surface area contributed by atoms with Crippen LogP contribution in [0, 0.1) is 11.8 Å². The summed E-state index contributed by atoms with van der Waals surface area (Å²) in [5.41, 5.74) is 1.29. The number of carbonyl (C=O) groups is 1. The average Bonchev–Trinajstić information content (AvgIpc) is 2.94. The molecule has 0 aliphatic heterocycles. The van der Waals surface area contributed by atoms with E-state index in [9.17, 15) is 4.79 Å². The average molecular weight is 301 g/mol. The molecule has 1 amide bonds. The van der Waals surface area contributed by atoms with E-state index in [2.05, 4.69) is 17.2 Å². The summed E-state index contributed by atoms with van der Waals surface area (Å²) in [6.45, 7) is 2.25. The fourth-order valence-corrected chi connectivity index (χ4v) is 2.48. The van der Waals surface area contributed by atoms with Crippen LogP contribution in [0.15, 0.2) is 35.7 Å². The van der Waals surface area contributed by atoms with Crippen molar-refractivity contribution in [3.8, 4) is 17.6 Å². The van der Waals surface area contributed by atoms with Crippen LogP contribution in [-0.2, 0) is 0 Å². The minimum absolute atomic E-state index is 0.221. The molecule has 0 bridgehead atoms. The van der Waals surface area contributed by atoms with Gasteiger partial charge in [0, 0.05) is 17.3 Å². The van der Waals surface area contributed by atoms with Gasteiger partial charge in [0.25, 0.3) is 5.91 Å². The van der Waals surface area contributed by atoms with E-state index in [1.165, 1.54) is 11.3 Å². The van der Waals surface area contributed by atoms with Gasteiger partial charge in [-0.3, -0.25) is 4.79 Å². The number of rotatable bonds is 4. The lowest BCUT2D eigenvalue weighted by molar-refractivity contribution is 0.103. The fourth-order valence-electron chi connectivity index (χ4n) is 1.74. The van der Waals surface area contributed by atoms with Crippen LogP contribution in [0.25, 0.3) is 0 Å². The Labute approximate surface area is 127 Å². The molecule has 4 nitrogen and oxygen atoms in total. The highest BCUT2D eigenvalue weighted by Crippen LogP contribution is 2.21. The second kappa shape index (κ2) is 7.48. The van der Waals surface area contributed by atoms with Gasteiger partial charge >= 0.3 is 0 Å². The highest BCUT2D eigenvalue weighted by molar-refractivity contribution is 7.12. The Morgan fingerprint density at radius 1 is 1.43 bits per heavy atom. The maximum Gasteiger partial charge on any atom is 0.267 e. The molecule has 0 fully saturated rings. The molecule has 5 heteroatoms. The molecule has 1 aromatic heterocycles. The molecule has 2 N–H and O–H groups in total. The van der Waals surface area contributed by atoms with Crippen LogP contribution >= 0.6 is 11.3 Å². The Bertz CT molecular complexity index is 682. The maximum absolute atomic E-state index is 12.3. The molecule has 21 heavy (non-hydrogen) atoms. The molecule has 108 valence electrons. The van der Waals surface area contributed by atoms with Crippen molar-refractivity contribution in [1.29, 1.82) is 0 Å². The number of amides is 1. The minimum Gasteiger partial charge on any atom is -0.494 e. The zero-order valence-corrected chi connectivity index (χ0v) is 12.4. The van der Waals surface area contributed by atoms with E-state index >= 15 is 0 Å². The fraction of sp³-hybridized carbons (Fsp3) is 0.188. The number of aliphatic hydroxyl groups is 1. The summed E-state index contributed by atoms with van der Waals surface area (Å²) in [7, 11) is 0. The molecular formula is C16H15NO3S. The molecule has 2 rings (SSSR count). The minimum atomic E-state index is -0.229. The zero-order chi connectivity index (χ0) is 15.1. The Hall–Kier alpha value is -2.29. The third-order valence-electron chi connectivity index (χ3n) is 2.58. The third-order valence-corrected chi connectivity index (χ3v) is 3.49. The first-order chi connectivity index (χ1) is 10.2. The largest absolute Gasteiger partial charge is 0.494 e. The van der Waals surface area contributed by atoms with Crippen LogP contribution in [0.4, 0.5) is 5.69 Å². The maximum atomic E-state index is 12.3. The number of nitrogens with one attached hydrogen (secondary N) is 1. The highest BCUT2D eigenvalue weighted by Gasteiger charge is 2.12. The van der Waals surface area contributed by atoms with Crippen molar-refractivity contribution in [3.05, 3.63) is 46.2 Å². The van der Waals surface area contributed by atoms with Crippen molar-refractivity contribution < 1.29 is 14.6 Å². The van der Waals surface area contributed by atoms with Gasteiger partial charge in [-0.1, -0.05) is 17.9 Å². The lowest BCUT2D eigenvalue weighted by Crippen LogP contribution is -2.11. The second-order valence-corrected chi connectivity index (χ2v) is 4.95. The molecule has 0 radical (unpaired) electrons. The second-order valence-electron chi connectivity index (χ2n) is 4.04. The van der Waals surface area contributed by atoms with Crippen molar-refractivity contribution in [2.45, 2.75) is 6.92 Å². The van der Waals surface area contributed by atoms with Gasteiger partial charge in [-0.15, -0.1) is 11.3 Å². The van der Waals surface area contributed by atoms with Crippen molar-refractivity contribution in [2.24, 2.45) is 0 Å². The molecule has 0 atom stereocenters. The Morgan fingerprint density at radius 2 is 2.29 bits per heavy atom. The summed E-state index contributed by atoms with van der Waals surface area (Å²) in [4.78, 5) is 12.8. The van der Waals surface area contributed by atoms with Gasteiger partial charge in [-0.2, -0.15) is 0 Å². The summed E-state index contributed by atoms with van der Waals surface area (Å²) in [6, 6.07) is 8.99. The molecule has 0 aliphatic carbocycles. The molecule has 0 saturated heterocycles. The first kappa shape index (κ1) is 15.1. The molecule has 0 spiro atoms. The smallest absolute Gasteiger partial charge is 0.267 e. The van der Waals surface area contributed by atoms with E-state index in [-0.39, 0.29) is 12.5 Å². The summed E-state index contributed by atoms with van der Waals surface area (Å²) < 4.78 is 5.40. The number of ether oxygens (including phenoxy) is 1. The van der Waals surface area contributed by atoms with Gasteiger partial charge in [0.15, 0.2) is 0 Å². The van der Waals surface area contributed by atoms with Crippen LogP contribution in [0.5, 0.6) is 5.75 Å². The van der Waals surface area contributed by atoms with E-state index in [1.54, 1.807) is 23.6 Å². The molecular weight excluding hydrogens is 286 g/mol. The van der Waals surface area contributed by atoms with E-state index in [0.717, 1.165) is 0 Å². The zero-order valence-electron chi connectivity index (χ0n) is 11.6. The quantitative estimate of drug-likeness (QED) is 0.854. The Kier molecular flexibility index (Phi) is 5.38. The van der Waals surface area contributed by atoms with E-state index in [0.29, 0.717) is 28.5 Å². The van der Waals surface area contributed by atoms with Crippen molar-refractivity contribution in [3.63, 3.8) is 0 Å². The first-order valence-corrected chi connectivity index (χ1v) is 7.34. The van der Waals surface area contributed by atoms with Gasteiger partial charge in [0.2, 0.25) is 0 Å². The number of hydrogen-bond acceptors (Lipinski definition) is 4. The molecule has 1 heterocycles. The van der Waals surface area contributed by atoms with Crippen molar-refractivity contribution >= 4 is 22.9 Å². The topological polar surface area (TPSA) is 58.6 Å². The predicted octanol–water partition coefficient (Wildman–Crippen LogP) is 2.74. The lowest BCUT2D eigenvalue weighted by atomic mass is 10.2. The van der Waals surface area contributed by atoms with Crippen LogP contribution in [0.2, 0.25) is 0 Å². The normalized spacial score (nSPS) is 9.62. The standard InChI is InChI=1S/C16H15NO3S/c1-2-20-14-7-3-6-13(11-14)17-16(19)15-12(5-4-9-18)8-10-21-15/h3,6-8,10-11,18H,2,9H2,1H3,(H,17,19). The van der Waals surface area contributed by atoms with E-state index in [4.69, 9.17) is 9.84 Å². The van der Waals surface area contributed by atoms with Gasteiger partial charge in [-0.05, 0) is 30.5 Å². The molecule has 0 saturated carbocycles. The monoisotopic (exact) mass is 301 g/mol. The molecule has 2 aromatic rings. The number of thiophene rings is 1. The van der Waals surface area contributed by atoms with Crippen LogP contribution in [0.1, 0.15) is 22.2 Å². The van der Waals surface area contributed by atoms with Gasteiger partial charge in [0.1, 0.15) is 17.2 Å². The first-order valence-electron chi connectivity index (χ1n) is 6.46. The highest BCUT2D eigenvalue weighted by atomic mass is 32.1. The van der Waals surface area contributed by atoms with Gasteiger partial charge in [-0.25, -0.2) is 0 Å². The van der Waals surface area contributed by atoms with Crippen LogP contribution < -0.4 is 10.1 Å². The number of carbonyl (C=O) groups excluding carboxylic acids is 1. The van der Waals surface area contributed by atoms with E-state index < -0.39 is 0 Å². The SMILES string of the molecule is CCOc1cccc(NC(=O)c2sccc2C#CCO)c1. The molecule has 0 unspecified atom stereocenters. The summed E-state index contributed by atoms with van der Waals surface area (Å²) in [5, 5.41) is 13.3. The summed E-state index contributed by atoms with van der Waals surface area (Å²) in [6.07, 6.45) is 0. The summed E-state index contributed by atoms with van der Waals surface area (Å²) >= 11 is 1.31. The third kappa shape index (κ3) is 4.09. The Morgan fingerprint density at radius 3 is 3.05 bits per heavy atom. The van der Waals surface area contributed by atoms with Crippen molar-refractivity contribution in [1.82, 2.24) is 0 Å². The van der Waals surface area contributed by atoms with Crippen LogP contribution in [0.3, 0.4) is 0 Å². The number of aliphatic hydroxyl groups excluding tert-OH is 1. The number of benzene rings is 1. The van der Waals surface area contributed by atoms with E-state index in [1.807, 2.05) is 19.1 Å². The molecule has 0 aliphatic rings. The predicted molar refractivity (Wildman–Crippen MR) is 83.8 cm³/mol. The Balaban J connectivity index is 2.15. The van der Waals surface area contributed by atoms with Gasteiger partial charge < -0.3 is 15.2 Å². The number of anilines is 1. The van der Waals surface area contributed by atoms with Crippen molar-refractivity contribution in [2.75, 3.05) is 18.5 Å². The van der Waals surface area contributed by atoms with Gasteiger partial charge in [0.05, 0.1) is 6.61 Å². The lowest BCUT2D eigenvalue weighted by Gasteiger charge is -2.07. The summed E-state index contributed by atoms with van der Waals surface area (Å²) in [5.74, 6) is 5.80. The molecule has 1 aromatic carbocycles.